The summed E-state index contributed by atoms with van der Waals surface area (Å²) in [7, 11) is -5.85. The third kappa shape index (κ3) is 6.33. The number of nitrogens with one attached hydrogen (secondary N) is 2. The maximum absolute atomic E-state index is 12.8. The van der Waals surface area contributed by atoms with E-state index in [4.69, 9.17) is 4.98 Å². The number of anilines is 1. The van der Waals surface area contributed by atoms with Crippen LogP contribution in [0.15, 0.2) is 66.7 Å². The maximum atomic E-state index is 12.8. The summed E-state index contributed by atoms with van der Waals surface area (Å²) in [5.74, 6) is -0.652. The number of sulfonamides is 1. The van der Waals surface area contributed by atoms with Crippen LogP contribution in [0.2, 0.25) is 0 Å². The average molecular weight is 573 g/mol. The summed E-state index contributed by atoms with van der Waals surface area (Å²) in [6.07, 6.45) is 2.71. The SMILES string of the molecule is CCCCc1nc2cc(NC(C)=O)ccc2n1Cc1ccc(-c2ccccc2C(=O)NS(=O)(=O)C(F)(F)F)cc1. The zero-order valence-electron chi connectivity index (χ0n) is 21.7. The summed E-state index contributed by atoms with van der Waals surface area (Å²) < 4.78 is 64.4. The van der Waals surface area contributed by atoms with Gasteiger partial charge in [-0.3, -0.25) is 9.59 Å². The lowest BCUT2D eigenvalue weighted by molar-refractivity contribution is -0.114. The summed E-state index contributed by atoms with van der Waals surface area (Å²) in [4.78, 5) is 28.7. The van der Waals surface area contributed by atoms with Crippen molar-refractivity contribution < 1.29 is 31.2 Å². The first kappa shape index (κ1) is 28.8. The number of hydrogen-bond donors (Lipinski definition) is 2. The molecule has 40 heavy (non-hydrogen) atoms. The van der Waals surface area contributed by atoms with Gasteiger partial charge < -0.3 is 9.88 Å². The van der Waals surface area contributed by atoms with Crippen molar-refractivity contribution in [1.82, 2.24) is 14.3 Å². The highest BCUT2D eigenvalue weighted by Gasteiger charge is 2.47. The molecule has 0 radical (unpaired) electrons. The number of hydrogen-bond acceptors (Lipinski definition) is 5. The van der Waals surface area contributed by atoms with E-state index in [-0.39, 0.29) is 17.0 Å². The molecule has 2 N–H and O–H groups in total. The summed E-state index contributed by atoms with van der Waals surface area (Å²) in [6.45, 7) is 4.02. The van der Waals surface area contributed by atoms with Gasteiger partial charge in [0.15, 0.2) is 0 Å². The molecule has 2 amide bonds. The molecule has 0 saturated heterocycles. The molecule has 0 unspecified atom stereocenters. The number of aryl methyl sites for hydroxylation is 1. The van der Waals surface area contributed by atoms with Crippen molar-refractivity contribution in [2.75, 3.05) is 5.32 Å². The van der Waals surface area contributed by atoms with Gasteiger partial charge in [0, 0.05) is 31.1 Å². The maximum Gasteiger partial charge on any atom is 0.516 e. The Hall–Kier alpha value is -4.19. The molecule has 1 aromatic heterocycles. The van der Waals surface area contributed by atoms with Crippen LogP contribution < -0.4 is 10.0 Å². The molecule has 8 nitrogen and oxygen atoms in total. The Morgan fingerprint density at radius 2 is 1.70 bits per heavy atom. The van der Waals surface area contributed by atoms with Gasteiger partial charge in [-0.15, -0.1) is 0 Å². The number of alkyl halides is 3. The highest BCUT2D eigenvalue weighted by atomic mass is 32.2. The lowest BCUT2D eigenvalue weighted by atomic mass is 9.98. The van der Waals surface area contributed by atoms with Crippen LogP contribution in [-0.4, -0.2) is 35.3 Å². The Kier molecular flexibility index (Phi) is 8.29. The number of carbonyl (C=O) groups is 2. The van der Waals surface area contributed by atoms with Gasteiger partial charge in [-0.05, 0) is 47.4 Å². The molecule has 1 heterocycles. The van der Waals surface area contributed by atoms with Crippen molar-refractivity contribution in [2.24, 2.45) is 0 Å². The number of carbonyl (C=O) groups excluding carboxylic acids is 2. The van der Waals surface area contributed by atoms with Gasteiger partial charge in [0.25, 0.3) is 5.91 Å². The van der Waals surface area contributed by atoms with E-state index in [1.807, 2.05) is 30.3 Å². The second-order valence-corrected chi connectivity index (χ2v) is 10.9. The first-order valence-electron chi connectivity index (χ1n) is 12.5. The van der Waals surface area contributed by atoms with Gasteiger partial charge in [-0.2, -0.15) is 21.6 Å². The largest absolute Gasteiger partial charge is 0.516 e. The third-order valence-electron chi connectivity index (χ3n) is 6.21. The van der Waals surface area contributed by atoms with Crippen LogP contribution in [-0.2, 0) is 27.8 Å². The number of unbranched alkanes of at least 4 members (excludes halogenated alkanes) is 1. The van der Waals surface area contributed by atoms with Gasteiger partial charge >= 0.3 is 15.5 Å². The number of nitrogens with zero attached hydrogens (tertiary/aromatic N) is 2. The first-order chi connectivity index (χ1) is 18.9. The van der Waals surface area contributed by atoms with Crippen LogP contribution in [0.25, 0.3) is 22.2 Å². The molecule has 4 rings (SSSR count). The standard InChI is InChI=1S/C28H27F3N4O4S/c1-3-4-9-26-33-24-16-21(32-18(2)36)14-15-25(24)35(26)17-19-10-12-20(13-11-19)22-7-5-6-8-23(22)27(37)34-40(38,39)28(29,30)31/h5-8,10-16H,3-4,9,17H2,1-2H3,(H,32,36)(H,34,37). The molecule has 210 valence electrons. The molecule has 0 bridgehead atoms. The minimum absolute atomic E-state index is 0.175. The number of fused-ring (bicyclic) bond motifs is 1. The zero-order chi connectivity index (χ0) is 29.1. The van der Waals surface area contributed by atoms with Gasteiger partial charge in [0.2, 0.25) is 5.91 Å². The van der Waals surface area contributed by atoms with E-state index >= 15 is 0 Å². The van der Waals surface area contributed by atoms with Crippen molar-refractivity contribution >= 4 is 38.6 Å². The lowest BCUT2D eigenvalue weighted by Gasteiger charge is -2.13. The molecule has 4 aromatic rings. The van der Waals surface area contributed by atoms with Gasteiger partial charge in [0.05, 0.1) is 11.0 Å². The Labute approximate surface area is 229 Å². The Morgan fingerprint density at radius 3 is 2.35 bits per heavy atom. The highest BCUT2D eigenvalue weighted by molar-refractivity contribution is 7.90. The Bertz CT molecular complexity index is 1660. The van der Waals surface area contributed by atoms with Crippen LogP contribution in [0.1, 0.15) is 48.4 Å². The fourth-order valence-corrected chi connectivity index (χ4v) is 4.77. The van der Waals surface area contributed by atoms with Crippen LogP contribution in [0, 0.1) is 0 Å². The van der Waals surface area contributed by atoms with E-state index in [1.54, 1.807) is 18.2 Å². The van der Waals surface area contributed by atoms with Crippen LogP contribution in [0.4, 0.5) is 18.9 Å². The quantitative estimate of drug-likeness (QED) is 0.270. The molecule has 0 aliphatic carbocycles. The number of aromatic nitrogens is 2. The first-order valence-corrected chi connectivity index (χ1v) is 14.0. The third-order valence-corrected chi connectivity index (χ3v) is 7.27. The second kappa shape index (κ2) is 11.5. The van der Waals surface area contributed by atoms with Crippen molar-refractivity contribution in [2.45, 2.75) is 45.2 Å². The molecule has 0 aliphatic heterocycles. The van der Waals surface area contributed by atoms with Crippen LogP contribution >= 0.6 is 0 Å². The van der Waals surface area contributed by atoms with Gasteiger partial charge in [0.1, 0.15) is 5.82 Å². The molecule has 0 fully saturated rings. The summed E-state index contributed by atoms with van der Waals surface area (Å²) >= 11 is 0. The van der Waals surface area contributed by atoms with E-state index in [0.717, 1.165) is 46.4 Å². The Balaban J connectivity index is 1.63. The Morgan fingerprint density at radius 1 is 1.00 bits per heavy atom. The molecule has 0 saturated carbocycles. The predicted octanol–water partition coefficient (Wildman–Crippen LogP) is 5.63. The van der Waals surface area contributed by atoms with E-state index in [2.05, 4.69) is 16.8 Å². The van der Waals surface area contributed by atoms with Gasteiger partial charge in [-0.25, -0.2) is 9.71 Å². The average Bonchev–Trinajstić information content (AvgIpc) is 3.22. The zero-order valence-corrected chi connectivity index (χ0v) is 22.6. The molecule has 0 atom stereocenters. The van der Waals surface area contributed by atoms with E-state index in [1.165, 1.54) is 25.1 Å². The molecule has 12 heteroatoms. The summed E-state index contributed by atoms with van der Waals surface area (Å²) in [5, 5.41) is 2.77. The molecule has 0 aliphatic rings. The highest BCUT2D eigenvalue weighted by Crippen LogP contribution is 2.28. The number of imidazole rings is 1. The number of amides is 2. The van der Waals surface area contributed by atoms with Crippen molar-refractivity contribution in [1.29, 1.82) is 0 Å². The summed E-state index contributed by atoms with van der Waals surface area (Å²) in [5.41, 5.74) is -1.79. The van der Waals surface area contributed by atoms with Crippen molar-refractivity contribution in [3.63, 3.8) is 0 Å². The number of benzene rings is 3. The van der Waals surface area contributed by atoms with Crippen LogP contribution in [0.5, 0.6) is 0 Å². The smallest absolute Gasteiger partial charge is 0.326 e. The molecular formula is C28H27F3N4O4S. The van der Waals surface area contributed by atoms with E-state index in [9.17, 15) is 31.2 Å². The monoisotopic (exact) mass is 572 g/mol. The van der Waals surface area contributed by atoms with E-state index < -0.39 is 21.4 Å². The summed E-state index contributed by atoms with van der Waals surface area (Å²) in [6, 6.07) is 18.5. The predicted molar refractivity (Wildman–Crippen MR) is 146 cm³/mol. The molecular weight excluding hydrogens is 545 g/mol. The van der Waals surface area contributed by atoms with Gasteiger partial charge in [-0.1, -0.05) is 55.8 Å². The topological polar surface area (TPSA) is 110 Å². The number of rotatable bonds is 9. The fraction of sp³-hybridized carbons (Fsp3) is 0.250. The fourth-order valence-electron chi connectivity index (χ4n) is 4.30. The van der Waals surface area contributed by atoms with Crippen LogP contribution in [0.3, 0.4) is 0 Å². The number of halogens is 3. The lowest BCUT2D eigenvalue weighted by Crippen LogP contribution is -2.40. The molecule has 0 spiro atoms. The minimum atomic E-state index is -5.85. The minimum Gasteiger partial charge on any atom is -0.326 e. The molecule has 3 aromatic carbocycles. The van der Waals surface area contributed by atoms with E-state index in [0.29, 0.717) is 17.8 Å². The van der Waals surface area contributed by atoms with Crippen molar-refractivity contribution in [3.8, 4) is 11.1 Å². The normalized spacial score (nSPS) is 11.9. The van der Waals surface area contributed by atoms with Crippen molar-refractivity contribution in [3.05, 3.63) is 83.7 Å². The second-order valence-electron chi connectivity index (χ2n) is 9.23.